The van der Waals surface area contributed by atoms with Gasteiger partial charge in [0, 0.05) is 0 Å². The van der Waals surface area contributed by atoms with Gasteiger partial charge in [0.1, 0.15) is 79.4 Å². The van der Waals surface area contributed by atoms with Crippen LogP contribution in [0, 0.1) is 45.3 Å². The van der Waals surface area contributed by atoms with E-state index in [1.807, 2.05) is 6.92 Å². The molecule has 13 N–H and O–H groups in total. The molecule has 20 heteroatoms. The maximum absolute atomic E-state index is 12.7. The smallest absolute Gasteiger partial charge is 0.187 e. The summed E-state index contributed by atoms with van der Waals surface area (Å²) >= 11 is 0. The average molecular weight is 979 g/mol. The highest BCUT2D eigenvalue weighted by atomic mass is 17.1. The topological polar surface area (TPSA) is 328 Å². The fourth-order valence-electron chi connectivity index (χ4n) is 15.0. The van der Waals surface area contributed by atoms with Crippen molar-refractivity contribution in [1.82, 2.24) is 0 Å². The van der Waals surface area contributed by atoms with Crippen LogP contribution >= 0.6 is 0 Å². The molecule has 0 aromatic heterocycles. The van der Waals surface area contributed by atoms with Crippen LogP contribution in [0.4, 0.5) is 0 Å². The fraction of sp³-hybridized carbons (Fsp3) is 0.958. The van der Waals surface area contributed by atoms with E-state index in [2.05, 4.69) is 41.2 Å². The molecule has 3 saturated heterocycles. The molecule has 7 rings (SSSR count). The molecule has 0 aromatic rings. The van der Waals surface area contributed by atoms with Gasteiger partial charge in [-0.15, -0.1) is 0 Å². The minimum absolute atomic E-state index is 0.0427. The maximum atomic E-state index is 12.7. The van der Waals surface area contributed by atoms with Crippen molar-refractivity contribution in [3.8, 4) is 0 Å². The van der Waals surface area contributed by atoms with Crippen LogP contribution in [-0.2, 0) is 33.3 Å². The van der Waals surface area contributed by atoms with Crippen LogP contribution in [0.2, 0.25) is 0 Å². The molecule has 26 atom stereocenters. The van der Waals surface area contributed by atoms with Gasteiger partial charge < -0.3 is 89.7 Å². The van der Waals surface area contributed by atoms with Crippen LogP contribution in [0.1, 0.15) is 106 Å². The third kappa shape index (κ3) is 9.09. The predicted molar refractivity (Wildman–Crippen MR) is 236 cm³/mol. The van der Waals surface area contributed by atoms with Gasteiger partial charge in [0.25, 0.3) is 0 Å². The van der Waals surface area contributed by atoms with Gasteiger partial charge in [0.05, 0.1) is 37.6 Å². The first-order valence-electron chi connectivity index (χ1n) is 24.7. The first kappa shape index (κ1) is 54.7. The largest absolute Gasteiger partial charge is 0.394 e. The predicted octanol–water partition coefficient (Wildman–Crippen LogP) is -0.559. The molecule has 3 heterocycles. The SMILES string of the molecule is C=C(C)[C@@H](CC[C@](C)(O[C@@H]1O[C@H](CO)[C@@H](O)[C@H](O)[C@H]1O)[C@H]1CC[C@]2(C)[C@@H]1[C@H](O)C[C@@H]1[C@@]3(C)CC[C@H](O[C@@H]4O[C@H](CO)[C@@H](O)[C@H](O)[C@H]4O[C@@H]4O[C@H](CO)[C@@H](O)[C@H](O)[C@H]4O)C(C)(C)[C@@H]3CC[C@]12C)OO. The zero-order valence-corrected chi connectivity index (χ0v) is 40.6. The summed E-state index contributed by atoms with van der Waals surface area (Å²) in [4.78, 5) is 4.80. The summed E-state index contributed by atoms with van der Waals surface area (Å²) < 4.78 is 37.1. The highest BCUT2D eigenvalue weighted by Crippen LogP contribution is 2.76. The highest BCUT2D eigenvalue weighted by molar-refractivity contribution is 5.20. The fourth-order valence-corrected chi connectivity index (χ4v) is 15.0. The first-order valence-corrected chi connectivity index (χ1v) is 24.7. The molecule has 20 nitrogen and oxygen atoms in total. The van der Waals surface area contributed by atoms with Gasteiger partial charge in [0.15, 0.2) is 18.9 Å². The third-order valence-electron chi connectivity index (χ3n) is 19.2. The lowest BCUT2D eigenvalue weighted by Crippen LogP contribution is -2.68. The second kappa shape index (κ2) is 20.3. The molecule has 0 bridgehead atoms. The van der Waals surface area contributed by atoms with E-state index in [1.165, 1.54) is 0 Å². The molecule has 4 aliphatic carbocycles. The molecule has 7 aliphatic rings. The Labute approximate surface area is 398 Å². The Morgan fingerprint density at radius 1 is 0.647 bits per heavy atom. The molecule has 0 radical (unpaired) electrons. The molecule has 68 heavy (non-hydrogen) atoms. The van der Waals surface area contributed by atoms with Crippen LogP contribution in [-0.4, -0.2) is 202 Å². The van der Waals surface area contributed by atoms with Crippen molar-refractivity contribution in [2.75, 3.05) is 19.8 Å². The summed E-state index contributed by atoms with van der Waals surface area (Å²) in [7, 11) is 0. The first-order chi connectivity index (χ1) is 31.8. The summed E-state index contributed by atoms with van der Waals surface area (Å²) in [6.07, 6.45) is -20.1. The standard InChI is InChI=1S/C48H82O20/c1-21(2)24(68-61)10-16-48(8,67-42-39(60)36(57)33(54)26(19-50)63-42)22-9-14-47(7)31(22)23(52)17-29-45(5)13-12-30(44(3,4)28(45)11-15-46(29,47)6)65-43-40(37(58)34(55)27(20-51)64-43)66-41-38(59)35(56)32(53)25(18-49)62-41/h22-43,49-61H,1,9-20H2,2-8H3/t22-,23+,24+,25+,26+,27+,28-,29+,30-,31-,32+,33+,34+,35-,36-,37-,38+,39+,40+,41-,42-,43-,45-,46+,47+,48-/m0/s1. The maximum Gasteiger partial charge on any atom is 0.187 e. The Hall–Kier alpha value is -1.06. The Morgan fingerprint density at radius 3 is 1.74 bits per heavy atom. The number of rotatable bonds is 15. The van der Waals surface area contributed by atoms with Crippen LogP contribution in [0.15, 0.2) is 12.2 Å². The van der Waals surface area contributed by atoms with E-state index in [9.17, 15) is 66.5 Å². The summed E-state index contributed by atoms with van der Waals surface area (Å²) in [5, 5.41) is 139. The molecule has 4 saturated carbocycles. The quantitative estimate of drug-likeness (QED) is 0.0423. The zero-order valence-electron chi connectivity index (χ0n) is 40.6. The third-order valence-corrected chi connectivity index (χ3v) is 19.2. The molecule has 0 amide bonds. The summed E-state index contributed by atoms with van der Waals surface area (Å²) in [5.74, 6) is -0.518. The number of aliphatic hydroxyl groups excluding tert-OH is 12. The molecule has 0 unspecified atom stereocenters. The van der Waals surface area contributed by atoms with E-state index in [0.29, 0.717) is 31.3 Å². The van der Waals surface area contributed by atoms with Gasteiger partial charge >= 0.3 is 0 Å². The normalized spacial score (nSPS) is 51.7. The lowest BCUT2D eigenvalue weighted by molar-refractivity contribution is -0.378. The average Bonchev–Trinajstić information content (AvgIpc) is 3.68. The van der Waals surface area contributed by atoms with E-state index >= 15 is 0 Å². The minimum Gasteiger partial charge on any atom is -0.394 e. The van der Waals surface area contributed by atoms with Crippen molar-refractivity contribution in [2.45, 2.75) is 222 Å². The molecule has 0 spiro atoms. The van der Waals surface area contributed by atoms with Gasteiger partial charge in [-0.2, -0.15) is 0 Å². The van der Waals surface area contributed by atoms with Gasteiger partial charge in [0.2, 0.25) is 0 Å². The van der Waals surface area contributed by atoms with Crippen LogP contribution in [0.5, 0.6) is 0 Å². The lowest BCUT2D eigenvalue weighted by Gasteiger charge is -2.71. The summed E-state index contributed by atoms with van der Waals surface area (Å²) in [6.45, 7) is 16.8. The Bertz CT molecular complexity index is 1720. The summed E-state index contributed by atoms with van der Waals surface area (Å²) in [5.41, 5.74) is -2.14. The van der Waals surface area contributed by atoms with Crippen molar-refractivity contribution in [3.63, 3.8) is 0 Å². The molecule has 7 fully saturated rings. The number of ether oxygens (including phenoxy) is 6. The van der Waals surface area contributed by atoms with Crippen LogP contribution in [0.25, 0.3) is 0 Å². The van der Waals surface area contributed by atoms with Crippen molar-refractivity contribution in [2.24, 2.45) is 45.3 Å². The van der Waals surface area contributed by atoms with Gasteiger partial charge in [-0.05, 0) is 123 Å². The number of aliphatic hydroxyl groups is 12. The number of hydrogen-bond donors (Lipinski definition) is 13. The van der Waals surface area contributed by atoms with E-state index < -0.39 is 147 Å². The van der Waals surface area contributed by atoms with Gasteiger partial charge in [-0.3, -0.25) is 5.26 Å². The Morgan fingerprint density at radius 2 is 1.18 bits per heavy atom. The molecule has 0 aromatic carbocycles. The summed E-state index contributed by atoms with van der Waals surface area (Å²) in [6, 6.07) is 0. The minimum atomic E-state index is -1.81. The number of fused-ring (bicyclic) bond motifs is 5. The Kier molecular flexibility index (Phi) is 16.4. The highest BCUT2D eigenvalue weighted by Gasteiger charge is 2.72. The van der Waals surface area contributed by atoms with Crippen molar-refractivity contribution in [1.29, 1.82) is 0 Å². The van der Waals surface area contributed by atoms with Crippen molar-refractivity contribution in [3.05, 3.63) is 12.2 Å². The lowest BCUT2D eigenvalue weighted by atomic mass is 9.35. The molecule has 394 valence electrons. The zero-order chi connectivity index (χ0) is 50.2. The van der Waals surface area contributed by atoms with Crippen molar-refractivity contribution < 1.29 is 99.8 Å². The second-order valence-corrected chi connectivity index (χ2v) is 23.1. The molecular formula is C48H82O20. The van der Waals surface area contributed by atoms with E-state index in [4.69, 9.17) is 33.3 Å². The molecular weight excluding hydrogens is 897 g/mol. The molecule has 3 aliphatic heterocycles. The van der Waals surface area contributed by atoms with E-state index in [1.54, 1.807) is 6.92 Å². The van der Waals surface area contributed by atoms with Crippen LogP contribution in [0.3, 0.4) is 0 Å². The van der Waals surface area contributed by atoms with Crippen molar-refractivity contribution >= 4 is 0 Å². The monoisotopic (exact) mass is 979 g/mol. The number of hydrogen-bond acceptors (Lipinski definition) is 20. The van der Waals surface area contributed by atoms with Crippen LogP contribution < -0.4 is 0 Å². The Balaban J connectivity index is 1.14. The van der Waals surface area contributed by atoms with E-state index in [0.717, 1.165) is 19.3 Å². The van der Waals surface area contributed by atoms with Gasteiger partial charge in [-0.1, -0.05) is 41.2 Å². The second-order valence-electron chi connectivity index (χ2n) is 23.1. The van der Waals surface area contributed by atoms with E-state index in [-0.39, 0.29) is 47.3 Å². The van der Waals surface area contributed by atoms with Gasteiger partial charge in [-0.25, -0.2) is 4.89 Å².